The van der Waals surface area contributed by atoms with E-state index in [0.29, 0.717) is 22.2 Å². The van der Waals surface area contributed by atoms with Crippen LogP contribution in [0.3, 0.4) is 0 Å². The Hall–Kier alpha value is -2.42. The largest absolute Gasteiger partial charge is 0.497 e. The van der Waals surface area contributed by atoms with Gasteiger partial charge in [0.25, 0.3) is 0 Å². The predicted octanol–water partition coefficient (Wildman–Crippen LogP) is 3.44. The zero-order valence-corrected chi connectivity index (χ0v) is 15.6. The summed E-state index contributed by atoms with van der Waals surface area (Å²) < 4.78 is 37.7. The Morgan fingerprint density at radius 1 is 1.15 bits per heavy atom. The van der Waals surface area contributed by atoms with Crippen LogP contribution in [-0.4, -0.2) is 25.7 Å². The molecule has 1 aromatic heterocycles. The van der Waals surface area contributed by atoms with Crippen molar-refractivity contribution in [2.45, 2.75) is 17.9 Å². The molecule has 9 heteroatoms. The Morgan fingerprint density at radius 2 is 1.85 bits per heavy atom. The van der Waals surface area contributed by atoms with Crippen LogP contribution in [0.2, 0.25) is 5.02 Å². The maximum Gasteiger partial charge on any atom is 0.244 e. The summed E-state index contributed by atoms with van der Waals surface area (Å²) >= 11 is 6.12. The summed E-state index contributed by atoms with van der Waals surface area (Å²) in [4.78, 5) is 4.34. The van der Waals surface area contributed by atoms with E-state index in [-0.39, 0.29) is 10.8 Å². The quantitative estimate of drug-likeness (QED) is 0.689. The lowest BCUT2D eigenvalue weighted by atomic mass is 10.2. The molecular formula is C17H16ClN3O4S. The standard InChI is InChI=1S/C17H16ClN3O4S/c1-11(21-26(22,23)13-9-7-12(24-2)8-10-13)17-19-16(20-25-17)14-5-3-4-6-15(14)18/h3-11,21H,1-2H3/t11-/m1/s1. The third-order valence-corrected chi connectivity index (χ3v) is 5.51. The summed E-state index contributed by atoms with van der Waals surface area (Å²) in [6, 6.07) is 12.4. The molecule has 7 nitrogen and oxygen atoms in total. The third kappa shape index (κ3) is 3.87. The molecule has 0 saturated carbocycles. The maximum atomic E-state index is 12.5. The molecule has 0 unspecified atom stereocenters. The van der Waals surface area contributed by atoms with Crippen molar-refractivity contribution >= 4 is 21.6 Å². The number of halogens is 1. The molecule has 0 spiro atoms. The van der Waals surface area contributed by atoms with Crippen molar-refractivity contribution in [1.82, 2.24) is 14.9 Å². The van der Waals surface area contributed by atoms with Gasteiger partial charge in [0, 0.05) is 5.56 Å². The van der Waals surface area contributed by atoms with Crippen LogP contribution in [-0.2, 0) is 10.0 Å². The van der Waals surface area contributed by atoms with Crippen molar-refractivity contribution in [1.29, 1.82) is 0 Å². The van der Waals surface area contributed by atoms with E-state index < -0.39 is 16.1 Å². The van der Waals surface area contributed by atoms with Crippen LogP contribution < -0.4 is 9.46 Å². The molecule has 0 bridgehead atoms. The average molecular weight is 394 g/mol. The van der Waals surface area contributed by atoms with Gasteiger partial charge in [-0.3, -0.25) is 0 Å². The SMILES string of the molecule is COc1ccc(S(=O)(=O)N[C@H](C)c2nc(-c3ccccc3Cl)no2)cc1. The molecule has 0 aliphatic heterocycles. The minimum absolute atomic E-state index is 0.107. The van der Waals surface area contributed by atoms with Gasteiger partial charge in [-0.15, -0.1) is 0 Å². The van der Waals surface area contributed by atoms with E-state index in [1.165, 1.54) is 19.2 Å². The Kier molecular flexibility index (Phi) is 5.26. The second-order valence-electron chi connectivity index (χ2n) is 5.45. The highest BCUT2D eigenvalue weighted by Gasteiger charge is 2.23. The number of hydrogen-bond acceptors (Lipinski definition) is 6. The van der Waals surface area contributed by atoms with Gasteiger partial charge in [-0.1, -0.05) is 28.9 Å². The molecule has 26 heavy (non-hydrogen) atoms. The van der Waals surface area contributed by atoms with Crippen LogP contribution in [0.4, 0.5) is 0 Å². The Balaban J connectivity index is 1.79. The van der Waals surface area contributed by atoms with E-state index in [1.54, 1.807) is 43.3 Å². The van der Waals surface area contributed by atoms with Crippen LogP contribution in [0.5, 0.6) is 5.75 Å². The van der Waals surface area contributed by atoms with E-state index in [1.807, 2.05) is 0 Å². The van der Waals surface area contributed by atoms with Gasteiger partial charge >= 0.3 is 0 Å². The molecule has 136 valence electrons. The number of benzene rings is 2. The fourth-order valence-corrected chi connectivity index (χ4v) is 3.69. The maximum absolute atomic E-state index is 12.5. The molecule has 0 amide bonds. The molecule has 2 aromatic carbocycles. The first kappa shape index (κ1) is 18.4. The molecular weight excluding hydrogens is 378 g/mol. The molecule has 0 aliphatic rings. The molecule has 1 N–H and O–H groups in total. The lowest BCUT2D eigenvalue weighted by Crippen LogP contribution is -2.27. The van der Waals surface area contributed by atoms with E-state index in [4.69, 9.17) is 20.9 Å². The van der Waals surface area contributed by atoms with E-state index in [0.717, 1.165) is 0 Å². The van der Waals surface area contributed by atoms with Crippen LogP contribution in [0, 0.1) is 0 Å². The molecule has 0 fully saturated rings. The zero-order valence-electron chi connectivity index (χ0n) is 14.0. The molecule has 1 atom stereocenters. The zero-order chi connectivity index (χ0) is 18.7. The molecule has 3 aromatic rings. The Bertz CT molecular complexity index is 1000. The Labute approximate surface area is 156 Å². The number of hydrogen-bond donors (Lipinski definition) is 1. The first-order chi connectivity index (χ1) is 12.4. The predicted molar refractivity (Wildman–Crippen MR) is 96.5 cm³/mol. The normalized spacial score (nSPS) is 12.7. The van der Waals surface area contributed by atoms with Gasteiger partial charge in [0.1, 0.15) is 5.75 Å². The highest BCUT2D eigenvalue weighted by atomic mass is 35.5. The number of ether oxygens (including phenoxy) is 1. The van der Waals surface area contributed by atoms with Gasteiger partial charge in [0.2, 0.25) is 21.7 Å². The van der Waals surface area contributed by atoms with Crippen LogP contribution in [0.1, 0.15) is 18.9 Å². The lowest BCUT2D eigenvalue weighted by Gasteiger charge is -2.11. The highest BCUT2D eigenvalue weighted by molar-refractivity contribution is 7.89. The second kappa shape index (κ2) is 7.45. The van der Waals surface area contributed by atoms with Crippen molar-refractivity contribution in [3.05, 3.63) is 59.4 Å². The van der Waals surface area contributed by atoms with Crippen LogP contribution in [0.25, 0.3) is 11.4 Å². The van der Waals surface area contributed by atoms with E-state index in [2.05, 4.69) is 14.9 Å². The van der Waals surface area contributed by atoms with Crippen molar-refractivity contribution in [3.63, 3.8) is 0 Å². The first-order valence-electron chi connectivity index (χ1n) is 7.65. The summed E-state index contributed by atoms with van der Waals surface area (Å²) in [6.07, 6.45) is 0. The molecule has 0 radical (unpaired) electrons. The number of rotatable bonds is 6. The monoisotopic (exact) mass is 393 g/mol. The average Bonchev–Trinajstić information content (AvgIpc) is 3.12. The van der Waals surface area contributed by atoms with Gasteiger partial charge in [0.15, 0.2) is 0 Å². The Morgan fingerprint density at radius 3 is 2.50 bits per heavy atom. The van der Waals surface area contributed by atoms with Crippen molar-refractivity contribution in [3.8, 4) is 17.1 Å². The smallest absolute Gasteiger partial charge is 0.244 e. The molecule has 0 aliphatic carbocycles. The van der Waals surface area contributed by atoms with Gasteiger partial charge in [0.05, 0.1) is 23.1 Å². The minimum Gasteiger partial charge on any atom is -0.497 e. The van der Waals surface area contributed by atoms with Crippen molar-refractivity contribution in [2.24, 2.45) is 0 Å². The first-order valence-corrected chi connectivity index (χ1v) is 9.52. The topological polar surface area (TPSA) is 94.3 Å². The number of nitrogens with zero attached hydrogens (tertiary/aromatic N) is 2. The highest BCUT2D eigenvalue weighted by Crippen LogP contribution is 2.26. The van der Waals surface area contributed by atoms with Crippen LogP contribution >= 0.6 is 11.6 Å². The molecule has 0 saturated heterocycles. The number of aromatic nitrogens is 2. The number of sulfonamides is 1. The summed E-state index contributed by atoms with van der Waals surface area (Å²) in [7, 11) is -2.25. The third-order valence-electron chi connectivity index (χ3n) is 3.63. The summed E-state index contributed by atoms with van der Waals surface area (Å²) in [6.45, 7) is 1.62. The summed E-state index contributed by atoms with van der Waals surface area (Å²) in [5, 5.41) is 4.35. The summed E-state index contributed by atoms with van der Waals surface area (Å²) in [5.74, 6) is 0.997. The molecule has 3 rings (SSSR count). The van der Waals surface area contributed by atoms with Crippen molar-refractivity contribution < 1.29 is 17.7 Å². The van der Waals surface area contributed by atoms with Gasteiger partial charge in [-0.05, 0) is 43.3 Å². The minimum atomic E-state index is -3.76. The fourth-order valence-electron chi connectivity index (χ4n) is 2.27. The van der Waals surface area contributed by atoms with Gasteiger partial charge < -0.3 is 9.26 Å². The van der Waals surface area contributed by atoms with Gasteiger partial charge in [-0.2, -0.15) is 9.71 Å². The number of nitrogens with one attached hydrogen (secondary N) is 1. The van der Waals surface area contributed by atoms with E-state index >= 15 is 0 Å². The van der Waals surface area contributed by atoms with Crippen LogP contribution in [0.15, 0.2) is 57.9 Å². The molecule has 1 heterocycles. The van der Waals surface area contributed by atoms with Crippen molar-refractivity contribution in [2.75, 3.05) is 7.11 Å². The van der Waals surface area contributed by atoms with E-state index in [9.17, 15) is 8.42 Å². The summed E-state index contributed by atoms with van der Waals surface area (Å²) in [5.41, 5.74) is 0.606. The number of methoxy groups -OCH3 is 1. The van der Waals surface area contributed by atoms with Gasteiger partial charge in [-0.25, -0.2) is 8.42 Å². The fraction of sp³-hybridized carbons (Fsp3) is 0.176. The lowest BCUT2D eigenvalue weighted by molar-refractivity contribution is 0.354. The second-order valence-corrected chi connectivity index (χ2v) is 7.58.